The Balaban J connectivity index is 0.00000162. The summed E-state index contributed by atoms with van der Waals surface area (Å²) in [6.07, 6.45) is 0.539. The Morgan fingerprint density at radius 1 is 1.44 bits per heavy atom. The van der Waals surface area contributed by atoms with Gasteiger partial charge in [-0.3, -0.25) is 4.79 Å². The number of nitrogens with one attached hydrogen (secondary N) is 1. The average molecular weight is 293 g/mol. The van der Waals surface area contributed by atoms with Gasteiger partial charge >= 0.3 is 0 Å². The molecule has 1 aliphatic rings. The first-order chi connectivity index (χ1) is 8.27. The maximum absolute atomic E-state index is 11.8. The Hall–Kier alpha value is -0.860. The number of hydrogen-bond donors (Lipinski definition) is 1. The number of halogens is 1. The van der Waals surface area contributed by atoms with Crippen molar-refractivity contribution in [1.82, 2.24) is 30.4 Å². The van der Waals surface area contributed by atoms with Crippen LogP contribution in [0.5, 0.6) is 0 Å². The maximum atomic E-state index is 11.8. The Labute approximate surface area is 116 Å². The highest BCUT2D eigenvalue weighted by Crippen LogP contribution is 2.14. The number of rotatable bonds is 4. The lowest BCUT2D eigenvalue weighted by atomic mass is 10.3. The second-order valence-corrected chi connectivity index (χ2v) is 4.88. The predicted molar refractivity (Wildman–Crippen MR) is 70.8 cm³/mol. The van der Waals surface area contributed by atoms with Crippen LogP contribution in [0.2, 0.25) is 0 Å². The minimum Gasteiger partial charge on any atom is -0.340 e. The molecule has 1 aromatic heterocycles. The molecule has 0 spiro atoms. The molecule has 9 heteroatoms. The summed E-state index contributed by atoms with van der Waals surface area (Å²) in [5.41, 5.74) is 0. The van der Waals surface area contributed by atoms with E-state index in [9.17, 15) is 4.79 Å². The molecule has 0 atom stereocenters. The van der Waals surface area contributed by atoms with E-state index in [2.05, 4.69) is 20.8 Å². The van der Waals surface area contributed by atoms with Gasteiger partial charge in [-0.2, -0.15) is 0 Å². The van der Waals surface area contributed by atoms with E-state index in [1.165, 1.54) is 11.8 Å². The first kappa shape index (κ1) is 15.2. The van der Waals surface area contributed by atoms with Gasteiger partial charge in [0.2, 0.25) is 11.1 Å². The lowest BCUT2D eigenvalue weighted by Crippen LogP contribution is -2.46. The fraction of sp³-hybridized carbons (Fsp3) is 0.778. The number of hydrogen-bond acceptors (Lipinski definition) is 6. The van der Waals surface area contributed by atoms with Crippen LogP contribution in [0.1, 0.15) is 6.42 Å². The first-order valence-corrected chi connectivity index (χ1v) is 6.59. The normalized spacial score (nSPS) is 15.3. The molecular weight excluding hydrogens is 276 g/mol. The van der Waals surface area contributed by atoms with Gasteiger partial charge in [0.25, 0.3) is 0 Å². The zero-order valence-corrected chi connectivity index (χ0v) is 11.8. The number of tetrazole rings is 1. The number of thioether (sulfide) groups is 1. The van der Waals surface area contributed by atoms with Crippen LogP contribution in [-0.4, -0.2) is 62.9 Å². The van der Waals surface area contributed by atoms with E-state index in [0.29, 0.717) is 6.42 Å². The predicted octanol–water partition coefficient (Wildman–Crippen LogP) is -0.454. The standard InChI is InChI=1S/C9H16N6OS.ClH/c1-14-9(11-12-13-14)17-7-2-8(16)15-5-3-10-4-6-15;/h10H,2-7H2,1H3;1H. The molecule has 2 heterocycles. The number of carbonyl (C=O) groups is 1. The van der Waals surface area contributed by atoms with Crippen LogP contribution < -0.4 is 5.32 Å². The number of nitrogens with zero attached hydrogens (tertiary/aromatic N) is 5. The van der Waals surface area contributed by atoms with E-state index < -0.39 is 0 Å². The van der Waals surface area contributed by atoms with Crippen molar-refractivity contribution in [3.63, 3.8) is 0 Å². The van der Waals surface area contributed by atoms with Crippen LogP contribution in [0.25, 0.3) is 0 Å². The van der Waals surface area contributed by atoms with Crippen molar-refractivity contribution in [1.29, 1.82) is 0 Å². The highest BCUT2D eigenvalue weighted by molar-refractivity contribution is 7.99. The number of aromatic nitrogens is 4. The molecule has 1 saturated heterocycles. The quantitative estimate of drug-likeness (QED) is 0.757. The van der Waals surface area contributed by atoms with Gasteiger partial charge in [0.1, 0.15) is 0 Å². The topological polar surface area (TPSA) is 75.9 Å². The Kier molecular flexibility index (Phi) is 6.37. The molecule has 102 valence electrons. The molecule has 18 heavy (non-hydrogen) atoms. The summed E-state index contributed by atoms with van der Waals surface area (Å²) in [7, 11) is 1.79. The van der Waals surface area contributed by atoms with Crippen molar-refractivity contribution in [2.24, 2.45) is 7.05 Å². The van der Waals surface area contributed by atoms with Gasteiger partial charge in [-0.05, 0) is 10.4 Å². The first-order valence-electron chi connectivity index (χ1n) is 5.61. The van der Waals surface area contributed by atoms with Crippen LogP contribution in [0, 0.1) is 0 Å². The van der Waals surface area contributed by atoms with Gasteiger partial charge in [-0.25, -0.2) is 4.68 Å². The maximum Gasteiger partial charge on any atom is 0.223 e. The van der Waals surface area contributed by atoms with Crippen molar-refractivity contribution in [3.8, 4) is 0 Å². The third-order valence-corrected chi connectivity index (χ3v) is 3.61. The van der Waals surface area contributed by atoms with Crippen LogP contribution >= 0.6 is 24.2 Å². The molecule has 0 aromatic carbocycles. The lowest BCUT2D eigenvalue weighted by Gasteiger charge is -2.27. The molecular formula is C9H17ClN6OS. The fourth-order valence-electron chi connectivity index (χ4n) is 1.65. The monoisotopic (exact) mass is 292 g/mol. The highest BCUT2D eigenvalue weighted by Gasteiger charge is 2.15. The SMILES string of the molecule is Cl.Cn1nnnc1SCCC(=O)N1CCNCC1. The molecule has 1 fully saturated rings. The largest absolute Gasteiger partial charge is 0.340 e. The molecule has 2 rings (SSSR count). The van der Waals surface area contributed by atoms with E-state index in [-0.39, 0.29) is 18.3 Å². The molecule has 0 aliphatic carbocycles. The molecule has 1 aliphatic heterocycles. The molecule has 0 bridgehead atoms. The number of amides is 1. The zero-order chi connectivity index (χ0) is 12.1. The van der Waals surface area contributed by atoms with Crippen molar-refractivity contribution < 1.29 is 4.79 Å². The lowest BCUT2D eigenvalue weighted by molar-refractivity contribution is -0.131. The molecule has 7 nitrogen and oxygen atoms in total. The molecule has 0 unspecified atom stereocenters. The molecule has 1 N–H and O–H groups in total. The number of aryl methyl sites for hydroxylation is 1. The summed E-state index contributed by atoms with van der Waals surface area (Å²) >= 11 is 1.51. The van der Waals surface area contributed by atoms with Crippen LogP contribution in [-0.2, 0) is 11.8 Å². The second-order valence-electron chi connectivity index (χ2n) is 3.81. The fourth-order valence-corrected chi connectivity index (χ4v) is 2.42. The van der Waals surface area contributed by atoms with Crippen molar-refractivity contribution >= 4 is 30.1 Å². The van der Waals surface area contributed by atoms with Crippen molar-refractivity contribution in [2.45, 2.75) is 11.6 Å². The smallest absolute Gasteiger partial charge is 0.223 e. The minimum atomic E-state index is 0. The Morgan fingerprint density at radius 2 is 2.17 bits per heavy atom. The van der Waals surface area contributed by atoms with E-state index in [1.807, 2.05) is 4.90 Å². The third-order valence-electron chi connectivity index (χ3n) is 2.60. The summed E-state index contributed by atoms with van der Waals surface area (Å²) in [6, 6.07) is 0. The van der Waals surface area contributed by atoms with E-state index in [1.54, 1.807) is 11.7 Å². The van der Waals surface area contributed by atoms with Crippen molar-refractivity contribution in [3.05, 3.63) is 0 Å². The molecule has 1 aromatic rings. The highest BCUT2D eigenvalue weighted by atomic mass is 35.5. The van der Waals surface area contributed by atoms with Gasteiger partial charge in [-0.1, -0.05) is 11.8 Å². The van der Waals surface area contributed by atoms with E-state index >= 15 is 0 Å². The van der Waals surface area contributed by atoms with Gasteiger partial charge in [0.05, 0.1) is 0 Å². The molecule has 1 amide bonds. The van der Waals surface area contributed by atoms with Gasteiger partial charge in [0.15, 0.2) is 0 Å². The van der Waals surface area contributed by atoms with Gasteiger partial charge in [-0.15, -0.1) is 17.5 Å². The zero-order valence-electron chi connectivity index (χ0n) is 10.2. The second kappa shape index (κ2) is 7.55. The number of carbonyl (C=O) groups excluding carboxylic acids is 1. The van der Waals surface area contributed by atoms with Crippen LogP contribution in [0.4, 0.5) is 0 Å². The van der Waals surface area contributed by atoms with Crippen molar-refractivity contribution in [2.75, 3.05) is 31.9 Å². The molecule has 0 saturated carbocycles. The van der Waals surface area contributed by atoms with Crippen LogP contribution in [0.3, 0.4) is 0 Å². The van der Waals surface area contributed by atoms with Gasteiger partial charge in [0, 0.05) is 45.4 Å². The molecule has 0 radical (unpaired) electrons. The Morgan fingerprint density at radius 3 is 2.78 bits per heavy atom. The summed E-state index contributed by atoms with van der Waals surface area (Å²) in [4.78, 5) is 13.7. The van der Waals surface area contributed by atoms with Crippen LogP contribution in [0.15, 0.2) is 5.16 Å². The van der Waals surface area contributed by atoms with E-state index in [0.717, 1.165) is 37.1 Å². The average Bonchev–Trinajstić information content (AvgIpc) is 2.76. The minimum absolute atomic E-state index is 0. The summed E-state index contributed by atoms with van der Waals surface area (Å²) in [5, 5.41) is 15.1. The summed E-state index contributed by atoms with van der Waals surface area (Å²) in [5.74, 6) is 0.936. The van der Waals surface area contributed by atoms with Gasteiger partial charge < -0.3 is 10.2 Å². The van der Waals surface area contributed by atoms with E-state index in [4.69, 9.17) is 0 Å². The number of piperazine rings is 1. The summed E-state index contributed by atoms with van der Waals surface area (Å²) in [6.45, 7) is 3.42. The Bertz CT molecular complexity index is 381. The summed E-state index contributed by atoms with van der Waals surface area (Å²) < 4.78 is 1.61. The third kappa shape index (κ3) is 4.11.